The van der Waals surface area contributed by atoms with E-state index in [-0.39, 0.29) is 0 Å². The summed E-state index contributed by atoms with van der Waals surface area (Å²) in [5.41, 5.74) is 2.44. The number of nitrogens with one attached hydrogen (secondary N) is 1. The Morgan fingerprint density at radius 1 is 1.33 bits per heavy atom. The highest BCUT2D eigenvalue weighted by atomic mass is 15.1. The summed E-state index contributed by atoms with van der Waals surface area (Å²) < 4.78 is 2.42. The van der Waals surface area contributed by atoms with Gasteiger partial charge in [-0.2, -0.15) is 0 Å². The van der Waals surface area contributed by atoms with E-state index in [2.05, 4.69) is 48.1 Å². The van der Waals surface area contributed by atoms with Gasteiger partial charge in [0.15, 0.2) is 0 Å². The molecule has 1 aromatic carbocycles. The number of nitrogens with zero attached hydrogens (tertiary/aromatic N) is 2. The van der Waals surface area contributed by atoms with E-state index in [1.807, 2.05) is 0 Å². The summed E-state index contributed by atoms with van der Waals surface area (Å²) in [7, 11) is 2.11. The first kappa shape index (κ1) is 14.6. The first-order valence-corrected chi connectivity index (χ1v) is 8.45. The lowest BCUT2D eigenvalue weighted by Gasteiger charge is -2.15. The smallest absolute Gasteiger partial charge is 0.109 e. The van der Waals surface area contributed by atoms with E-state index in [9.17, 15) is 0 Å². The van der Waals surface area contributed by atoms with Crippen LogP contribution in [0, 0.1) is 5.92 Å². The van der Waals surface area contributed by atoms with E-state index in [0.29, 0.717) is 6.04 Å². The predicted molar refractivity (Wildman–Crippen MR) is 88.5 cm³/mol. The van der Waals surface area contributed by atoms with Crippen LogP contribution >= 0.6 is 0 Å². The van der Waals surface area contributed by atoms with Gasteiger partial charge < -0.3 is 9.88 Å². The molecule has 2 aromatic rings. The number of hydrogen-bond acceptors (Lipinski definition) is 2. The Hall–Kier alpha value is -1.35. The number of rotatable bonds is 8. The average molecular weight is 285 g/mol. The van der Waals surface area contributed by atoms with Crippen molar-refractivity contribution in [2.24, 2.45) is 5.92 Å². The number of imidazole rings is 1. The zero-order chi connectivity index (χ0) is 14.7. The fourth-order valence-corrected chi connectivity index (χ4v) is 3.38. The Labute approximate surface area is 127 Å². The van der Waals surface area contributed by atoms with Crippen LogP contribution in [0.5, 0.6) is 0 Å². The van der Waals surface area contributed by atoms with E-state index >= 15 is 0 Å². The van der Waals surface area contributed by atoms with Gasteiger partial charge in [0.25, 0.3) is 0 Å². The molecule has 1 saturated carbocycles. The average Bonchev–Trinajstić information content (AvgIpc) is 3.28. The molecule has 0 bridgehead atoms. The third-order valence-corrected chi connectivity index (χ3v) is 4.66. The van der Waals surface area contributed by atoms with Gasteiger partial charge >= 0.3 is 0 Å². The number of benzene rings is 1. The quantitative estimate of drug-likeness (QED) is 0.800. The van der Waals surface area contributed by atoms with E-state index in [1.54, 1.807) is 0 Å². The number of para-hydroxylation sites is 2. The summed E-state index contributed by atoms with van der Waals surface area (Å²) in [5, 5.41) is 3.49. The summed E-state index contributed by atoms with van der Waals surface area (Å²) in [5.74, 6) is 2.20. The van der Waals surface area contributed by atoms with Crippen molar-refractivity contribution in [2.45, 2.75) is 58.0 Å². The van der Waals surface area contributed by atoms with Crippen molar-refractivity contribution in [1.29, 1.82) is 0 Å². The van der Waals surface area contributed by atoms with Crippen molar-refractivity contribution < 1.29 is 0 Å². The number of aryl methyl sites for hydroxylation is 2. The third-order valence-electron chi connectivity index (χ3n) is 4.66. The highest BCUT2D eigenvalue weighted by Crippen LogP contribution is 2.34. The molecule has 0 aliphatic heterocycles. The molecule has 3 heteroatoms. The van der Waals surface area contributed by atoms with E-state index in [4.69, 9.17) is 4.98 Å². The third kappa shape index (κ3) is 3.29. The van der Waals surface area contributed by atoms with Crippen molar-refractivity contribution in [2.75, 3.05) is 7.05 Å². The van der Waals surface area contributed by atoms with Gasteiger partial charge in [-0.1, -0.05) is 19.1 Å². The Bertz CT molecular complexity index is 583. The first-order valence-electron chi connectivity index (χ1n) is 8.45. The van der Waals surface area contributed by atoms with Gasteiger partial charge in [-0.05, 0) is 57.2 Å². The van der Waals surface area contributed by atoms with Crippen LogP contribution in [0.4, 0.5) is 0 Å². The molecule has 114 valence electrons. The number of fused-ring (bicyclic) bond motifs is 1. The predicted octanol–water partition coefficient (Wildman–Crippen LogP) is 3.77. The molecule has 0 spiro atoms. The summed E-state index contributed by atoms with van der Waals surface area (Å²) in [4.78, 5) is 4.86. The SMILES string of the molecule is CCCn1c(CCCC(NC)C2CC2)nc2ccccc21. The van der Waals surface area contributed by atoms with Gasteiger partial charge in [0.2, 0.25) is 0 Å². The van der Waals surface area contributed by atoms with Crippen LogP contribution in [0.2, 0.25) is 0 Å². The zero-order valence-electron chi connectivity index (χ0n) is 13.3. The van der Waals surface area contributed by atoms with Crippen LogP contribution < -0.4 is 5.32 Å². The van der Waals surface area contributed by atoms with Gasteiger partial charge in [-0.25, -0.2) is 4.98 Å². The van der Waals surface area contributed by atoms with Crippen molar-refractivity contribution in [3.8, 4) is 0 Å². The van der Waals surface area contributed by atoms with Gasteiger partial charge in [0, 0.05) is 19.0 Å². The normalized spacial score (nSPS) is 16.5. The molecule has 0 amide bonds. The molecule has 1 N–H and O–H groups in total. The summed E-state index contributed by atoms with van der Waals surface area (Å²) in [6.45, 7) is 3.32. The molecule has 1 fully saturated rings. The van der Waals surface area contributed by atoms with E-state index in [0.717, 1.165) is 30.8 Å². The van der Waals surface area contributed by atoms with Crippen LogP contribution in [-0.4, -0.2) is 22.6 Å². The largest absolute Gasteiger partial charge is 0.328 e. The van der Waals surface area contributed by atoms with Gasteiger partial charge in [-0.3, -0.25) is 0 Å². The van der Waals surface area contributed by atoms with Crippen LogP contribution in [-0.2, 0) is 13.0 Å². The second kappa shape index (κ2) is 6.61. The minimum Gasteiger partial charge on any atom is -0.328 e. The number of aromatic nitrogens is 2. The lowest BCUT2D eigenvalue weighted by Crippen LogP contribution is -2.27. The molecule has 21 heavy (non-hydrogen) atoms. The van der Waals surface area contributed by atoms with Gasteiger partial charge in [0.05, 0.1) is 11.0 Å². The lowest BCUT2D eigenvalue weighted by molar-refractivity contribution is 0.452. The molecular weight excluding hydrogens is 258 g/mol. The molecule has 1 heterocycles. The Balaban J connectivity index is 1.69. The minimum atomic E-state index is 0.717. The van der Waals surface area contributed by atoms with E-state index < -0.39 is 0 Å². The van der Waals surface area contributed by atoms with Crippen LogP contribution in [0.1, 0.15) is 44.9 Å². The van der Waals surface area contributed by atoms with Crippen molar-refractivity contribution in [3.05, 3.63) is 30.1 Å². The van der Waals surface area contributed by atoms with Crippen LogP contribution in [0.15, 0.2) is 24.3 Å². The monoisotopic (exact) mass is 285 g/mol. The molecule has 3 rings (SSSR count). The summed E-state index contributed by atoms with van der Waals surface area (Å²) >= 11 is 0. The molecule has 1 aliphatic rings. The molecule has 1 aromatic heterocycles. The molecule has 1 unspecified atom stereocenters. The lowest BCUT2D eigenvalue weighted by atomic mass is 10.1. The van der Waals surface area contributed by atoms with E-state index in [1.165, 1.54) is 37.0 Å². The molecule has 0 radical (unpaired) electrons. The molecule has 1 atom stereocenters. The highest BCUT2D eigenvalue weighted by molar-refractivity contribution is 5.75. The first-order chi connectivity index (χ1) is 10.3. The fourth-order valence-electron chi connectivity index (χ4n) is 3.38. The standard InChI is InChI=1S/C18H27N3/c1-3-13-21-17-9-5-4-7-16(17)20-18(21)10-6-8-15(19-2)14-11-12-14/h4-5,7,9,14-15,19H,3,6,8,10-13H2,1-2H3. The maximum absolute atomic E-state index is 4.86. The van der Waals surface area contributed by atoms with Crippen LogP contribution in [0.25, 0.3) is 11.0 Å². The summed E-state index contributed by atoms with van der Waals surface area (Å²) in [6.07, 6.45) is 7.60. The van der Waals surface area contributed by atoms with Crippen LogP contribution in [0.3, 0.4) is 0 Å². The Morgan fingerprint density at radius 2 is 2.14 bits per heavy atom. The number of hydrogen-bond donors (Lipinski definition) is 1. The second-order valence-corrected chi connectivity index (χ2v) is 6.29. The van der Waals surface area contributed by atoms with Gasteiger partial charge in [-0.15, -0.1) is 0 Å². The Kier molecular flexibility index (Phi) is 4.59. The maximum Gasteiger partial charge on any atom is 0.109 e. The van der Waals surface area contributed by atoms with Crippen molar-refractivity contribution in [1.82, 2.24) is 14.9 Å². The molecule has 1 aliphatic carbocycles. The van der Waals surface area contributed by atoms with Crippen molar-refractivity contribution >= 4 is 11.0 Å². The van der Waals surface area contributed by atoms with Gasteiger partial charge in [0.1, 0.15) is 5.82 Å². The second-order valence-electron chi connectivity index (χ2n) is 6.29. The topological polar surface area (TPSA) is 29.9 Å². The zero-order valence-corrected chi connectivity index (χ0v) is 13.3. The molecule has 3 nitrogen and oxygen atoms in total. The summed E-state index contributed by atoms with van der Waals surface area (Å²) in [6, 6.07) is 9.24. The minimum absolute atomic E-state index is 0.717. The molecular formula is C18H27N3. The molecule has 0 saturated heterocycles. The fraction of sp³-hybridized carbons (Fsp3) is 0.611. The maximum atomic E-state index is 4.86. The highest BCUT2D eigenvalue weighted by Gasteiger charge is 2.29. The van der Waals surface area contributed by atoms with Crippen molar-refractivity contribution in [3.63, 3.8) is 0 Å². The Morgan fingerprint density at radius 3 is 2.86 bits per heavy atom.